The van der Waals surface area contributed by atoms with E-state index in [0.717, 1.165) is 5.56 Å². The van der Waals surface area contributed by atoms with E-state index in [4.69, 9.17) is 9.47 Å². The smallest absolute Gasteiger partial charge is 0.240 e. The van der Waals surface area contributed by atoms with Crippen molar-refractivity contribution < 1.29 is 22.3 Å². The van der Waals surface area contributed by atoms with Gasteiger partial charge in [-0.25, -0.2) is 17.5 Å². The van der Waals surface area contributed by atoms with Crippen LogP contribution < -0.4 is 14.2 Å². The summed E-state index contributed by atoms with van der Waals surface area (Å²) in [6.45, 7) is 0.978. The summed E-state index contributed by atoms with van der Waals surface area (Å²) >= 11 is 0. The number of nitrogens with zero attached hydrogens (tertiary/aromatic N) is 1. The van der Waals surface area contributed by atoms with Crippen molar-refractivity contribution in [1.29, 1.82) is 0 Å². The molecule has 0 saturated carbocycles. The third kappa shape index (κ3) is 4.14. The van der Waals surface area contributed by atoms with Crippen LogP contribution in [0.5, 0.6) is 11.5 Å². The van der Waals surface area contributed by atoms with Gasteiger partial charge >= 0.3 is 0 Å². The van der Waals surface area contributed by atoms with Gasteiger partial charge in [-0.15, -0.1) is 0 Å². The molecule has 0 aliphatic carbocycles. The minimum absolute atomic E-state index is 0.110. The predicted molar refractivity (Wildman–Crippen MR) is 95.4 cm³/mol. The van der Waals surface area contributed by atoms with Gasteiger partial charge in [-0.1, -0.05) is 12.1 Å². The normalized spacial score (nSPS) is 15.1. The molecule has 2 aromatic carbocycles. The van der Waals surface area contributed by atoms with E-state index in [1.165, 1.54) is 24.3 Å². The summed E-state index contributed by atoms with van der Waals surface area (Å²) in [6.07, 6.45) is 0. The molecule has 0 radical (unpaired) electrons. The Labute approximate surface area is 152 Å². The second-order valence-electron chi connectivity index (χ2n) is 6.19. The van der Waals surface area contributed by atoms with Gasteiger partial charge in [0.05, 0.1) is 4.90 Å². The van der Waals surface area contributed by atoms with Crippen molar-refractivity contribution in [1.82, 2.24) is 9.62 Å². The van der Waals surface area contributed by atoms with Gasteiger partial charge in [-0.05, 0) is 43.9 Å². The van der Waals surface area contributed by atoms with Gasteiger partial charge in [0.1, 0.15) is 19.0 Å². The highest BCUT2D eigenvalue weighted by molar-refractivity contribution is 7.89. The first kappa shape index (κ1) is 18.6. The van der Waals surface area contributed by atoms with Gasteiger partial charge in [0.15, 0.2) is 11.5 Å². The number of hydrogen-bond acceptors (Lipinski definition) is 5. The van der Waals surface area contributed by atoms with E-state index in [0.29, 0.717) is 24.7 Å². The Morgan fingerprint density at radius 1 is 1.08 bits per heavy atom. The fraction of sp³-hybridized carbons (Fsp3) is 0.333. The second-order valence-corrected chi connectivity index (χ2v) is 7.96. The highest BCUT2D eigenvalue weighted by atomic mass is 32.2. The topological polar surface area (TPSA) is 67.9 Å². The molecule has 3 rings (SSSR count). The fourth-order valence-electron chi connectivity index (χ4n) is 2.75. The maximum absolute atomic E-state index is 13.1. The number of sulfonamides is 1. The number of nitrogens with one attached hydrogen (secondary N) is 1. The summed E-state index contributed by atoms with van der Waals surface area (Å²) in [4.78, 5) is 1.98. The van der Waals surface area contributed by atoms with Crippen LogP contribution >= 0.6 is 0 Å². The molecule has 0 bridgehead atoms. The molecule has 6 nitrogen and oxygen atoms in total. The maximum atomic E-state index is 13.1. The lowest BCUT2D eigenvalue weighted by molar-refractivity contribution is 0.171. The average Bonchev–Trinajstić information content (AvgIpc) is 2.62. The summed E-state index contributed by atoms with van der Waals surface area (Å²) in [5, 5.41) is 0. The molecule has 8 heteroatoms. The van der Waals surface area contributed by atoms with Gasteiger partial charge in [-0.2, -0.15) is 0 Å². The number of fused-ring (bicyclic) bond motifs is 1. The lowest BCUT2D eigenvalue weighted by Gasteiger charge is -2.25. The molecule has 0 amide bonds. The summed E-state index contributed by atoms with van der Waals surface area (Å²) in [5.41, 5.74) is 0.821. The number of rotatable bonds is 6. The molecular formula is C18H21FN2O4S. The molecule has 1 atom stereocenters. The molecule has 1 aliphatic heterocycles. The molecule has 0 fully saturated rings. The first-order valence-corrected chi connectivity index (χ1v) is 9.66. The average molecular weight is 380 g/mol. The minimum atomic E-state index is -3.72. The van der Waals surface area contributed by atoms with E-state index in [2.05, 4.69) is 4.72 Å². The first-order chi connectivity index (χ1) is 12.4. The molecule has 1 aliphatic rings. The quantitative estimate of drug-likeness (QED) is 0.832. The van der Waals surface area contributed by atoms with Crippen LogP contribution in [-0.2, 0) is 10.0 Å². The summed E-state index contributed by atoms with van der Waals surface area (Å²) in [6, 6.07) is 10.3. The van der Waals surface area contributed by atoms with Crippen molar-refractivity contribution in [3.63, 3.8) is 0 Å². The Morgan fingerprint density at radius 3 is 2.38 bits per heavy atom. The van der Waals surface area contributed by atoms with Crippen molar-refractivity contribution in [2.75, 3.05) is 33.9 Å². The summed E-state index contributed by atoms with van der Waals surface area (Å²) in [5.74, 6) is 0.623. The standard InChI is InChI=1S/C18H21FN2O4S/c1-21(2)16(13-3-5-14(19)6-4-13)12-20-26(22,23)15-7-8-17-18(11-15)25-10-9-24-17/h3-8,11,16,20H,9-10,12H2,1-2H3. The van der Waals surface area contributed by atoms with Crippen molar-refractivity contribution in [2.45, 2.75) is 10.9 Å². The molecule has 0 aromatic heterocycles. The van der Waals surface area contributed by atoms with E-state index < -0.39 is 10.0 Å². The fourth-order valence-corrected chi connectivity index (χ4v) is 3.80. The molecule has 0 spiro atoms. The molecule has 26 heavy (non-hydrogen) atoms. The molecular weight excluding hydrogens is 359 g/mol. The van der Waals surface area contributed by atoms with Crippen LogP contribution in [0, 0.1) is 5.82 Å². The third-order valence-corrected chi connectivity index (χ3v) is 5.59. The van der Waals surface area contributed by atoms with Crippen LogP contribution in [0.4, 0.5) is 4.39 Å². The number of benzene rings is 2. The zero-order valence-electron chi connectivity index (χ0n) is 14.6. The van der Waals surface area contributed by atoms with Crippen molar-refractivity contribution in [2.24, 2.45) is 0 Å². The Morgan fingerprint density at radius 2 is 1.73 bits per heavy atom. The number of halogens is 1. The van der Waals surface area contributed by atoms with E-state index in [9.17, 15) is 12.8 Å². The van der Waals surface area contributed by atoms with Crippen LogP contribution in [-0.4, -0.2) is 47.2 Å². The molecule has 1 unspecified atom stereocenters. The molecule has 2 aromatic rings. The zero-order valence-corrected chi connectivity index (χ0v) is 15.4. The van der Waals surface area contributed by atoms with Crippen molar-refractivity contribution >= 4 is 10.0 Å². The van der Waals surface area contributed by atoms with E-state index in [1.54, 1.807) is 18.2 Å². The lowest BCUT2D eigenvalue weighted by Crippen LogP contribution is -2.34. The summed E-state index contributed by atoms with van der Waals surface area (Å²) in [7, 11) is -0.0454. The van der Waals surface area contributed by atoms with Gasteiger partial charge < -0.3 is 14.4 Å². The molecule has 140 valence electrons. The van der Waals surface area contributed by atoms with E-state index in [1.807, 2.05) is 19.0 Å². The second kappa shape index (κ2) is 7.61. The Balaban J connectivity index is 1.77. The SMILES string of the molecule is CN(C)C(CNS(=O)(=O)c1ccc2c(c1)OCCO2)c1ccc(F)cc1. The van der Waals surface area contributed by atoms with Crippen LogP contribution in [0.2, 0.25) is 0 Å². The largest absolute Gasteiger partial charge is 0.486 e. The first-order valence-electron chi connectivity index (χ1n) is 8.18. The van der Waals surface area contributed by atoms with Gasteiger partial charge in [0, 0.05) is 18.7 Å². The van der Waals surface area contributed by atoms with E-state index >= 15 is 0 Å². The number of hydrogen-bond donors (Lipinski definition) is 1. The number of ether oxygens (including phenoxy) is 2. The minimum Gasteiger partial charge on any atom is -0.486 e. The monoisotopic (exact) mass is 380 g/mol. The van der Waals surface area contributed by atoms with Gasteiger partial charge in [0.2, 0.25) is 10.0 Å². The lowest BCUT2D eigenvalue weighted by atomic mass is 10.1. The predicted octanol–water partition coefficient (Wildman–Crippen LogP) is 2.18. The third-order valence-electron chi connectivity index (χ3n) is 4.17. The maximum Gasteiger partial charge on any atom is 0.240 e. The highest BCUT2D eigenvalue weighted by Gasteiger charge is 2.22. The van der Waals surface area contributed by atoms with Crippen molar-refractivity contribution in [3.05, 3.63) is 53.8 Å². The van der Waals surface area contributed by atoms with Crippen LogP contribution in [0.15, 0.2) is 47.4 Å². The Bertz CT molecular complexity index is 869. The highest BCUT2D eigenvalue weighted by Crippen LogP contribution is 2.32. The van der Waals surface area contributed by atoms with Crippen molar-refractivity contribution in [3.8, 4) is 11.5 Å². The Kier molecular flexibility index (Phi) is 5.45. The molecule has 1 heterocycles. The van der Waals surface area contributed by atoms with E-state index in [-0.39, 0.29) is 23.3 Å². The molecule has 0 saturated heterocycles. The van der Waals surface area contributed by atoms with Crippen LogP contribution in [0.1, 0.15) is 11.6 Å². The van der Waals surface area contributed by atoms with Gasteiger partial charge in [0.25, 0.3) is 0 Å². The molecule has 1 N–H and O–H groups in total. The van der Waals surface area contributed by atoms with Gasteiger partial charge in [-0.3, -0.25) is 0 Å². The zero-order chi connectivity index (χ0) is 18.7. The van der Waals surface area contributed by atoms with Crippen LogP contribution in [0.25, 0.3) is 0 Å². The number of likely N-dealkylation sites (N-methyl/N-ethyl adjacent to an activating group) is 1. The Hall–Kier alpha value is -2.16. The van der Waals surface area contributed by atoms with Crippen LogP contribution in [0.3, 0.4) is 0 Å². The summed E-state index contributed by atoms with van der Waals surface area (Å²) < 4.78 is 51.9.